The summed E-state index contributed by atoms with van der Waals surface area (Å²) >= 11 is 11.7. The van der Waals surface area contributed by atoms with Crippen LogP contribution in [0, 0.1) is 0 Å². The standard InChI is InChI=1S/C12H13Cl2NO2/c13-10-3-1-8(5-11(10)14)2-4-12(17)15-6-9(16)7-15/h1,3,5,9,16H,2,4,6-7H2. The molecule has 1 aliphatic heterocycles. The summed E-state index contributed by atoms with van der Waals surface area (Å²) in [7, 11) is 0. The molecule has 0 unspecified atom stereocenters. The second kappa shape index (κ2) is 5.25. The van der Waals surface area contributed by atoms with Gasteiger partial charge < -0.3 is 10.0 Å². The van der Waals surface area contributed by atoms with Gasteiger partial charge in [0.1, 0.15) is 0 Å². The topological polar surface area (TPSA) is 40.5 Å². The van der Waals surface area contributed by atoms with E-state index >= 15 is 0 Å². The van der Waals surface area contributed by atoms with Gasteiger partial charge in [-0.1, -0.05) is 29.3 Å². The van der Waals surface area contributed by atoms with Gasteiger partial charge in [-0.25, -0.2) is 0 Å². The van der Waals surface area contributed by atoms with Crippen molar-refractivity contribution in [3.63, 3.8) is 0 Å². The van der Waals surface area contributed by atoms with E-state index in [2.05, 4.69) is 0 Å². The molecular formula is C12H13Cl2NO2. The van der Waals surface area contributed by atoms with E-state index in [0.29, 0.717) is 36.0 Å². The molecule has 0 atom stereocenters. The lowest BCUT2D eigenvalue weighted by Gasteiger charge is -2.35. The number of aliphatic hydroxyl groups is 1. The molecule has 1 saturated heterocycles. The maximum absolute atomic E-state index is 11.7. The molecule has 5 heteroatoms. The molecule has 1 fully saturated rings. The number of benzene rings is 1. The summed E-state index contributed by atoms with van der Waals surface area (Å²) in [5, 5.41) is 10.1. The molecule has 92 valence electrons. The molecular weight excluding hydrogens is 261 g/mol. The third kappa shape index (κ3) is 3.12. The Morgan fingerprint density at radius 1 is 1.35 bits per heavy atom. The Balaban J connectivity index is 1.85. The highest BCUT2D eigenvalue weighted by Crippen LogP contribution is 2.23. The van der Waals surface area contributed by atoms with Crippen molar-refractivity contribution < 1.29 is 9.90 Å². The molecule has 1 aromatic carbocycles. The summed E-state index contributed by atoms with van der Waals surface area (Å²) < 4.78 is 0. The minimum absolute atomic E-state index is 0.0707. The molecule has 0 spiro atoms. The third-order valence-electron chi connectivity index (χ3n) is 2.83. The molecule has 1 N–H and O–H groups in total. The highest BCUT2D eigenvalue weighted by molar-refractivity contribution is 6.42. The van der Waals surface area contributed by atoms with Crippen molar-refractivity contribution in [3.05, 3.63) is 33.8 Å². The van der Waals surface area contributed by atoms with Gasteiger partial charge in [-0.05, 0) is 24.1 Å². The van der Waals surface area contributed by atoms with Crippen molar-refractivity contribution in [2.75, 3.05) is 13.1 Å². The van der Waals surface area contributed by atoms with Gasteiger partial charge in [0.2, 0.25) is 5.91 Å². The molecule has 0 aromatic heterocycles. The van der Waals surface area contributed by atoms with Crippen LogP contribution >= 0.6 is 23.2 Å². The molecule has 0 bridgehead atoms. The zero-order chi connectivity index (χ0) is 12.4. The number of nitrogens with zero attached hydrogens (tertiary/aromatic N) is 1. The Morgan fingerprint density at radius 3 is 2.65 bits per heavy atom. The SMILES string of the molecule is O=C(CCc1ccc(Cl)c(Cl)c1)N1CC(O)C1. The molecule has 3 nitrogen and oxygen atoms in total. The van der Waals surface area contributed by atoms with Crippen LogP contribution in [0.4, 0.5) is 0 Å². The van der Waals surface area contributed by atoms with Crippen molar-refractivity contribution in [3.8, 4) is 0 Å². The predicted molar refractivity (Wildman–Crippen MR) is 67.4 cm³/mol. The molecule has 1 amide bonds. The summed E-state index contributed by atoms with van der Waals surface area (Å²) in [6.07, 6.45) is 0.733. The summed E-state index contributed by atoms with van der Waals surface area (Å²) in [5.74, 6) is 0.0707. The third-order valence-corrected chi connectivity index (χ3v) is 3.57. The maximum atomic E-state index is 11.7. The molecule has 1 heterocycles. The lowest BCUT2D eigenvalue weighted by Crippen LogP contribution is -2.53. The first-order valence-corrected chi connectivity index (χ1v) is 6.21. The van der Waals surface area contributed by atoms with Gasteiger partial charge in [-0.3, -0.25) is 4.79 Å². The van der Waals surface area contributed by atoms with Crippen LogP contribution in [-0.4, -0.2) is 35.1 Å². The Hall–Kier alpha value is -0.770. The number of hydrogen-bond acceptors (Lipinski definition) is 2. The summed E-state index contributed by atoms with van der Waals surface area (Å²) in [4.78, 5) is 13.3. The summed E-state index contributed by atoms with van der Waals surface area (Å²) in [5.41, 5.74) is 0.994. The van der Waals surface area contributed by atoms with Gasteiger partial charge >= 0.3 is 0 Å². The monoisotopic (exact) mass is 273 g/mol. The van der Waals surface area contributed by atoms with E-state index in [1.807, 2.05) is 6.07 Å². The van der Waals surface area contributed by atoms with Gasteiger partial charge in [-0.15, -0.1) is 0 Å². The Labute approximate surface area is 110 Å². The Morgan fingerprint density at radius 2 is 2.06 bits per heavy atom. The van der Waals surface area contributed by atoms with Crippen LogP contribution in [-0.2, 0) is 11.2 Å². The fourth-order valence-electron chi connectivity index (χ4n) is 1.76. The van der Waals surface area contributed by atoms with E-state index in [1.54, 1.807) is 17.0 Å². The number of likely N-dealkylation sites (tertiary alicyclic amines) is 1. The lowest BCUT2D eigenvalue weighted by molar-refractivity contribution is -0.141. The number of rotatable bonds is 3. The van der Waals surface area contributed by atoms with E-state index in [1.165, 1.54) is 0 Å². The van der Waals surface area contributed by atoms with E-state index in [-0.39, 0.29) is 12.0 Å². The second-order valence-corrected chi connectivity index (χ2v) is 5.02. The summed E-state index contributed by atoms with van der Waals surface area (Å²) in [6, 6.07) is 5.38. The molecule has 2 rings (SSSR count). The van der Waals surface area contributed by atoms with Crippen molar-refractivity contribution in [1.29, 1.82) is 0 Å². The number of aliphatic hydroxyl groups excluding tert-OH is 1. The number of halogens is 2. The van der Waals surface area contributed by atoms with Crippen LogP contribution in [0.5, 0.6) is 0 Å². The highest BCUT2D eigenvalue weighted by Gasteiger charge is 2.27. The fourth-order valence-corrected chi connectivity index (χ4v) is 2.08. The van der Waals surface area contributed by atoms with E-state index in [9.17, 15) is 4.79 Å². The number of β-amino-alcohol motifs (C(OH)–C–C–N with tert-alkyl or cyclic N) is 1. The lowest BCUT2D eigenvalue weighted by atomic mass is 10.1. The van der Waals surface area contributed by atoms with Gasteiger partial charge in [0.25, 0.3) is 0 Å². The quantitative estimate of drug-likeness (QED) is 0.917. The first-order chi connectivity index (χ1) is 8.06. The average molecular weight is 274 g/mol. The van der Waals surface area contributed by atoms with Gasteiger partial charge in [0.15, 0.2) is 0 Å². The first-order valence-electron chi connectivity index (χ1n) is 5.46. The van der Waals surface area contributed by atoms with Crippen LogP contribution < -0.4 is 0 Å². The highest BCUT2D eigenvalue weighted by atomic mass is 35.5. The minimum atomic E-state index is -0.344. The molecule has 0 aliphatic carbocycles. The largest absolute Gasteiger partial charge is 0.389 e. The zero-order valence-electron chi connectivity index (χ0n) is 9.20. The summed E-state index contributed by atoms with van der Waals surface area (Å²) in [6.45, 7) is 0.917. The van der Waals surface area contributed by atoms with Crippen LogP contribution in [0.2, 0.25) is 10.0 Å². The van der Waals surface area contributed by atoms with Gasteiger partial charge in [-0.2, -0.15) is 0 Å². The molecule has 0 saturated carbocycles. The molecule has 17 heavy (non-hydrogen) atoms. The van der Waals surface area contributed by atoms with Crippen LogP contribution in [0.25, 0.3) is 0 Å². The van der Waals surface area contributed by atoms with Crippen LogP contribution in [0.1, 0.15) is 12.0 Å². The Kier molecular flexibility index (Phi) is 3.92. The maximum Gasteiger partial charge on any atom is 0.223 e. The number of amides is 1. The number of carbonyl (C=O) groups is 1. The van der Waals surface area contributed by atoms with Crippen LogP contribution in [0.15, 0.2) is 18.2 Å². The minimum Gasteiger partial charge on any atom is -0.389 e. The van der Waals surface area contributed by atoms with Crippen LogP contribution in [0.3, 0.4) is 0 Å². The van der Waals surface area contributed by atoms with Gasteiger partial charge in [0, 0.05) is 19.5 Å². The number of carbonyl (C=O) groups excluding carboxylic acids is 1. The average Bonchev–Trinajstić information content (AvgIpc) is 2.26. The number of hydrogen-bond donors (Lipinski definition) is 1. The molecule has 1 aliphatic rings. The zero-order valence-corrected chi connectivity index (χ0v) is 10.7. The van der Waals surface area contributed by atoms with Crippen molar-refractivity contribution in [2.24, 2.45) is 0 Å². The van der Waals surface area contributed by atoms with Gasteiger partial charge in [0.05, 0.1) is 16.1 Å². The van der Waals surface area contributed by atoms with E-state index in [4.69, 9.17) is 28.3 Å². The predicted octanol–water partition coefficient (Wildman–Crippen LogP) is 2.13. The van der Waals surface area contributed by atoms with Crippen molar-refractivity contribution >= 4 is 29.1 Å². The Bertz CT molecular complexity index is 431. The normalized spacial score (nSPS) is 15.8. The van der Waals surface area contributed by atoms with E-state index in [0.717, 1.165) is 5.56 Å². The molecule has 0 radical (unpaired) electrons. The molecule has 1 aromatic rings. The van der Waals surface area contributed by atoms with E-state index < -0.39 is 0 Å². The number of aryl methyl sites for hydroxylation is 1. The van der Waals surface area contributed by atoms with Crippen molar-refractivity contribution in [2.45, 2.75) is 18.9 Å². The smallest absolute Gasteiger partial charge is 0.223 e. The van der Waals surface area contributed by atoms with Crippen molar-refractivity contribution in [1.82, 2.24) is 4.90 Å². The first kappa shape index (κ1) is 12.7. The fraction of sp³-hybridized carbons (Fsp3) is 0.417. The second-order valence-electron chi connectivity index (χ2n) is 4.20.